The van der Waals surface area contributed by atoms with Crippen LogP contribution in [0.1, 0.15) is 27.2 Å². The van der Waals surface area contributed by atoms with Crippen molar-refractivity contribution in [3.63, 3.8) is 0 Å². The van der Waals surface area contributed by atoms with E-state index in [0.29, 0.717) is 6.04 Å². The molecule has 146 valence electrons. The summed E-state index contributed by atoms with van der Waals surface area (Å²) in [6.07, 6.45) is 1.08. The molecule has 1 aromatic carbocycles. The Hall–Kier alpha value is -1.95. The molecule has 1 heterocycles. The van der Waals surface area contributed by atoms with E-state index < -0.39 is 0 Å². The second-order valence-electron chi connectivity index (χ2n) is 7.65. The normalized spacial score (nSPS) is 18.3. The molecular weight excluding hydrogens is 326 g/mol. The van der Waals surface area contributed by atoms with Crippen molar-refractivity contribution in [1.82, 2.24) is 15.5 Å². The predicted molar refractivity (Wildman–Crippen MR) is 110 cm³/mol. The van der Waals surface area contributed by atoms with Crippen molar-refractivity contribution in [2.24, 2.45) is 4.99 Å². The minimum atomic E-state index is 0.0292. The van der Waals surface area contributed by atoms with Crippen molar-refractivity contribution in [1.29, 1.82) is 0 Å². The van der Waals surface area contributed by atoms with Gasteiger partial charge in [0.2, 0.25) is 0 Å². The maximum Gasteiger partial charge on any atom is 0.191 e. The number of likely N-dealkylation sites (N-methyl/N-ethyl adjacent to an activating group) is 1. The zero-order valence-corrected chi connectivity index (χ0v) is 17.2. The molecule has 1 unspecified atom stereocenters. The Labute approximate surface area is 158 Å². The minimum Gasteiger partial charge on any atom is -0.495 e. The Morgan fingerprint density at radius 1 is 1.35 bits per heavy atom. The van der Waals surface area contributed by atoms with Crippen molar-refractivity contribution in [2.45, 2.75) is 38.8 Å². The van der Waals surface area contributed by atoms with Crippen molar-refractivity contribution in [3.05, 3.63) is 24.3 Å². The van der Waals surface area contributed by atoms with E-state index in [2.05, 4.69) is 67.4 Å². The van der Waals surface area contributed by atoms with Gasteiger partial charge in [-0.05, 0) is 53.4 Å². The summed E-state index contributed by atoms with van der Waals surface area (Å²) in [6.45, 7) is 10.1. The molecule has 6 nitrogen and oxygen atoms in total. The van der Waals surface area contributed by atoms with Crippen LogP contribution in [0.4, 0.5) is 5.69 Å². The highest BCUT2D eigenvalue weighted by molar-refractivity contribution is 5.80. The average Bonchev–Trinajstić information content (AvgIpc) is 3.08. The first-order chi connectivity index (χ1) is 12.4. The number of hydrogen-bond acceptors (Lipinski definition) is 4. The number of nitrogens with zero attached hydrogens (tertiary/aromatic N) is 3. The predicted octanol–water partition coefficient (Wildman–Crippen LogP) is 2.17. The lowest BCUT2D eigenvalue weighted by Crippen LogP contribution is -2.47. The average molecular weight is 362 g/mol. The lowest BCUT2D eigenvalue weighted by molar-refractivity contribution is 0.204. The van der Waals surface area contributed by atoms with E-state index >= 15 is 0 Å². The minimum absolute atomic E-state index is 0.0292. The third kappa shape index (κ3) is 5.27. The summed E-state index contributed by atoms with van der Waals surface area (Å²) in [4.78, 5) is 9.40. The van der Waals surface area contributed by atoms with Gasteiger partial charge in [0.25, 0.3) is 0 Å². The second kappa shape index (κ2) is 9.12. The fourth-order valence-electron chi connectivity index (χ4n) is 2.92. The summed E-state index contributed by atoms with van der Waals surface area (Å²) in [6, 6.07) is 8.59. The molecule has 2 rings (SSSR count). The molecule has 0 aliphatic carbocycles. The SMILES string of the molecule is CCNC(=NCC(C)(C)N(C)C)NC1CCN(c2ccccc2OC)C1. The van der Waals surface area contributed by atoms with E-state index in [1.165, 1.54) is 0 Å². The molecule has 1 saturated heterocycles. The number of ether oxygens (including phenoxy) is 1. The number of para-hydroxylation sites is 2. The fourth-order valence-corrected chi connectivity index (χ4v) is 2.92. The van der Waals surface area contributed by atoms with Crippen LogP contribution in [-0.2, 0) is 0 Å². The first-order valence-corrected chi connectivity index (χ1v) is 9.47. The molecule has 1 aliphatic heterocycles. The quantitative estimate of drug-likeness (QED) is 0.576. The number of rotatable bonds is 7. The summed E-state index contributed by atoms with van der Waals surface area (Å²) < 4.78 is 5.51. The molecule has 1 aromatic rings. The first-order valence-electron chi connectivity index (χ1n) is 9.47. The summed E-state index contributed by atoms with van der Waals surface area (Å²) in [5, 5.41) is 6.98. The van der Waals surface area contributed by atoms with E-state index in [-0.39, 0.29) is 5.54 Å². The van der Waals surface area contributed by atoms with E-state index in [1.807, 2.05) is 12.1 Å². The molecular formula is C20H35N5O. The van der Waals surface area contributed by atoms with Crippen LogP contribution in [0.2, 0.25) is 0 Å². The van der Waals surface area contributed by atoms with Gasteiger partial charge in [-0.3, -0.25) is 4.99 Å². The largest absolute Gasteiger partial charge is 0.495 e. The van der Waals surface area contributed by atoms with Crippen molar-refractivity contribution in [2.75, 3.05) is 52.3 Å². The summed E-state index contributed by atoms with van der Waals surface area (Å²) >= 11 is 0. The topological polar surface area (TPSA) is 52.1 Å². The molecule has 0 amide bonds. The molecule has 2 N–H and O–H groups in total. The molecule has 0 bridgehead atoms. The number of methoxy groups -OCH3 is 1. The zero-order chi connectivity index (χ0) is 19.2. The number of aliphatic imine (C=N–C) groups is 1. The molecule has 26 heavy (non-hydrogen) atoms. The Bertz CT molecular complexity index is 600. The van der Waals surface area contributed by atoms with Gasteiger partial charge in [0.05, 0.1) is 19.3 Å². The number of benzene rings is 1. The summed E-state index contributed by atoms with van der Waals surface area (Å²) in [5.74, 6) is 1.83. The molecule has 0 radical (unpaired) electrons. The molecule has 1 fully saturated rings. The maximum atomic E-state index is 5.51. The zero-order valence-electron chi connectivity index (χ0n) is 17.2. The fraction of sp³-hybridized carbons (Fsp3) is 0.650. The standard InChI is InChI=1S/C20H35N5O/c1-7-21-19(22-15-20(2,3)24(4)5)23-16-12-13-25(14-16)17-10-8-9-11-18(17)26-6/h8-11,16H,7,12-15H2,1-6H3,(H2,21,22,23). The summed E-state index contributed by atoms with van der Waals surface area (Å²) in [7, 11) is 5.92. The van der Waals surface area contributed by atoms with E-state index in [9.17, 15) is 0 Å². The van der Waals surface area contributed by atoms with Crippen molar-refractivity contribution in [3.8, 4) is 5.75 Å². The smallest absolute Gasteiger partial charge is 0.191 e. The van der Waals surface area contributed by atoms with Crippen LogP contribution in [0, 0.1) is 0 Å². The van der Waals surface area contributed by atoms with Crippen LogP contribution >= 0.6 is 0 Å². The molecule has 1 atom stereocenters. The van der Waals surface area contributed by atoms with Crippen LogP contribution in [0.15, 0.2) is 29.3 Å². The molecule has 6 heteroatoms. The Balaban J connectivity index is 2.00. The molecule has 0 spiro atoms. The van der Waals surface area contributed by atoms with E-state index in [0.717, 1.165) is 50.0 Å². The maximum absolute atomic E-state index is 5.51. The lowest BCUT2D eigenvalue weighted by Gasteiger charge is -2.31. The van der Waals surface area contributed by atoms with Crippen molar-refractivity contribution < 1.29 is 4.74 Å². The van der Waals surface area contributed by atoms with Crippen LogP contribution < -0.4 is 20.3 Å². The molecule has 0 aromatic heterocycles. The Kier molecular flexibility index (Phi) is 7.14. The third-order valence-electron chi connectivity index (χ3n) is 5.13. The molecule has 1 aliphatic rings. The van der Waals surface area contributed by atoms with E-state index in [1.54, 1.807) is 7.11 Å². The van der Waals surface area contributed by atoms with Crippen LogP contribution in [-0.4, -0.2) is 69.8 Å². The van der Waals surface area contributed by atoms with Gasteiger partial charge >= 0.3 is 0 Å². The van der Waals surface area contributed by atoms with Crippen LogP contribution in [0.3, 0.4) is 0 Å². The highest BCUT2D eigenvalue weighted by atomic mass is 16.5. The van der Waals surface area contributed by atoms with Crippen LogP contribution in [0.25, 0.3) is 0 Å². The van der Waals surface area contributed by atoms with Crippen molar-refractivity contribution >= 4 is 11.6 Å². The van der Waals surface area contributed by atoms with Gasteiger partial charge in [0.1, 0.15) is 5.75 Å². The highest BCUT2D eigenvalue weighted by Crippen LogP contribution is 2.30. The Morgan fingerprint density at radius 2 is 2.08 bits per heavy atom. The number of nitrogens with one attached hydrogen (secondary N) is 2. The van der Waals surface area contributed by atoms with Gasteiger partial charge in [-0.1, -0.05) is 12.1 Å². The van der Waals surface area contributed by atoms with E-state index in [4.69, 9.17) is 9.73 Å². The van der Waals surface area contributed by atoms with Gasteiger partial charge in [-0.25, -0.2) is 0 Å². The lowest BCUT2D eigenvalue weighted by atomic mass is 10.1. The Morgan fingerprint density at radius 3 is 2.73 bits per heavy atom. The highest BCUT2D eigenvalue weighted by Gasteiger charge is 2.26. The van der Waals surface area contributed by atoms with Crippen LogP contribution in [0.5, 0.6) is 5.75 Å². The van der Waals surface area contributed by atoms with Gasteiger partial charge in [0.15, 0.2) is 5.96 Å². The van der Waals surface area contributed by atoms with Gasteiger partial charge in [-0.15, -0.1) is 0 Å². The molecule has 0 saturated carbocycles. The number of guanidine groups is 1. The number of hydrogen-bond donors (Lipinski definition) is 2. The summed E-state index contributed by atoms with van der Waals surface area (Å²) in [5.41, 5.74) is 1.19. The van der Waals surface area contributed by atoms with Gasteiger partial charge in [0, 0.05) is 31.2 Å². The first kappa shape index (κ1) is 20.4. The monoisotopic (exact) mass is 361 g/mol. The van der Waals surface area contributed by atoms with Gasteiger partial charge in [-0.2, -0.15) is 0 Å². The van der Waals surface area contributed by atoms with Gasteiger partial charge < -0.3 is 25.2 Å². The second-order valence-corrected chi connectivity index (χ2v) is 7.65. The third-order valence-corrected chi connectivity index (χ3v) is 5.13. The number of anilines is 1.